The molecule has 34 heavy (non-hydrogen) atoms. The summed E-state index contributed by atoms with van der Waals surface area (Å²) >= 11 is 0. The lowest BCUT2D eigenvalue weighted by Gasteiger charge is -2.06. The molecule has 174 valence electrons. The maximum Gasteiger partial charge on any atom is 0.501 e. The van der Waals surface area contributed by atoms with E-state index < -0.39 is 18.8 Å². The summed E-state index contributed by atoms with van der Waals surface area (Å²) in [5, 5.41) is 3.21. The lowest BCUT2D eigenvalue weighted by atomic mass is 10.0. The molecule has 0 unspecified atom stereocenters. The average molecular weight is 472 g/mol. The molecule has 4 heteroatoms. The second kappa shape index (κ2) is 11.8. The van der Waals surface area contributed by atoms with Gasteiger partial charge in [-0.3, -0.25) is 0 Å². The van der Waals surface area contributed by atoms with Crippen LogP contribution in [-0.2, 0) is 4.57 Å². The van der Waals surface area contributed by atoms with E-state index in [1.807, 2.05) is 72.8 Å². The predicted octanol–water partition coefficient (Wildman–Crippen LogP) is 9.00. The smallest absolute Gasteiger partial charge is 0.234 e. The van der Waals surface area contributed by atoms with E-state index >= 15 is 0 Å². The van der Waals surface area contributed by atoms with Crippen LogP contribution in [0.5, 0.6) is 0 Å². The summed E-state index contributed by atoms with van der Waals surface area (Å²) in [6.07, 6.45) is 5.54. The summed E-state index contributed by atoms with van der Waals surface area (Å²) in [6, 6.07) is 22.4. The molecule has 0 aliphatic carbocycles. The third kappa shape index (κ3) is 5.48. The van der Waals surface area contributed by atoms with Gasteiger partial charge in [0.1, 0.15) is 0 Å². The van der Waals surface area contributed by atoms with E-state index in [1.54, 1.807) is 13.8 Å². The highest BCUT2D eigenvalue weighted by atomic mass is 31.1. The van der Waals surface area contributed by atoms with Gasteiger partial charge < -0.3 is 0 Å². The normalized spacial score (nSPS) is 10.6. The van der Waals surface area contributed by atoms with Crippen molar-refractivity contribution in [2.24, 2.45) is 0 Å². The second-order valence-electron chi connectivity index (χ2n) is 8.57. The summed E-state index contributed by atoms with van der Waals surface area (Å²) in [6.45, 7) is 8.07. The molecule has 0 aliphatic rings. The standard InChI is InChI=1S/C24H18O3P.C6H14/c1-15-11-13-17-7-3-5-9-19(17)21(15)23(25)28(27)24(26)22-16(2)12-14-18-8-4-6-10-20(18)22;1-3-5-6-4-2/h3-14H,1-2H3;3-6H2,1-2H3/q+1;. The van der Waals surface area contributed by atoms with Crippen LogP contribution < -0.4 is 0 Å². The molecule has 0 aliphatic heterocycles. The Labute approximate surface area is 203 Å². The van der Waals surface area contributed by atoms with Crippen molar-refractivity contribution in [1.29, 1.82) is 0 Å². The van der Waals surface area contributed by atoms with Gasteiger partial charge in [-0.05, 0) is 46.5 Å². The molecule has 0 atom stereocenters. The number of carbonyl (C=O) groups excluding carboxylic acids is 2. The minimum absolute atomic E-state index is 0.366. The van der Waals surface area contributed by atoms with Crippen molar-refractivity contribution >= 4 is 40.4 Å². The first-order valence-electron chi connectivity index (χ1n) is 11.9. The number of rotatable bonds is 7. The monoisotopic (exact) mass is 471 g/mol. The maximum atomic E-state index is 13.1. The molecule has 0 radical (unpaired) electrons. The highest BCUT2D eigenvalue weighted by molar-refractivity contribution is 7.80. The van der Waals surface area contributed by atoms with Crippen molar-refractivity contribution < 1.29 is 14.2 Å². The fraction of sp³-hybridized carbons (Fsp3) is 0.267. The zero-order valence-electron chi connectivity index (χ0n) is 20.4. The van der Waals surface area contributed by atoms with Gasteiger partial charge in [0.2, 0.25) is 0 Å². The molecule has 0 saturated heterocycles. The van der Waals surface area contributed by atoms with Crippen molar-refractivity contribution in [3.05, 3.63) is 95.1 Å². The first kappa shape index (κ1) is 25.5. The molecule has 3 nitrogen and oxygen atoms in total. The minimum Gasteiger partial charge on any atom is -0.234 e. The summed E-state index contributed by atoms with van der Waals surface area (Å²) in [5.41, 5.74) is 0.947. The van der Waals surface area contributed by atoms with Gasteiger partial charge in [0.15, 0.2) is 0 Å². The fourth-order valence-electron chi connectivity index (χ4n) is 4.12. The topological polar surface area (TPSA) is 51.2 Å². The predicted molar refractivity (Wildman–Crippen MR) is 143 cm³/mol. The highest BCUT2D eigenvalue weighted by Crippen LogP contribution is 2.38. The van der Waals surface area contributed by atoms with Gasteiger partial charge in [-0.2, -0.15) is 0 Å². The number of benzene rings is 4. The summed E-state index contributed by atoms with van der Waals surface area (Å²) in [4.78, 5) is 26.3. The van der Waals surface area contributed by atoms with Gasteiger partial charge in [0.05, 0.1) is 11.1 Å². The Kier molecular flexibility index (Phi) is 8.85. The van der Waals surface area contributed by atoms with Gasteiger partial charge in [-0.1, -0.05) is 117 Å². The zero-order valence-corrected chi connectivity index (χ0v) is 21.3. The van der Waals surface area contributed by atoms with Gasteiger partial charge in [0, 0.05) is 0 Å². The Morgan fingerprint density at radius 1 is 0.618 bits per heavy atom. The van der Waals surface area contributed by atoms with Crippen LogP contribution >= 0.6 is 7.80 Å². The van der Waals surface area contributed by atoms with Gasteiger partial charge in [-0.25, -0.2) is 9.59 Å². The van der Waals surface area contributed by atoms with Gasteiger partial charge >= 0.3 is 18.8 Å². The van der Waals surface area contributed by atoms with Crippen LogP contribution in [-0.4, -0.2) is 11.0 Å². The minimum atomic E-state index is -2.76. The molecule has 4 rings (SSSR count). The molecule has 4 aromatic carbocycles. The molecule has 0 fully saturated rings. The molecule has 0 spiro atoms. The number of aryl methyl sites for hydroxylation is 2. The van der Waals surface area contributed by atoms with Crippen molar-refractivity contribution in [2.45, 2.75) is 53.4 Å². The molecule has 0 amide bonds. The molecule has 0 aromatic heterocycles. The van der Waals surface area contributed by atoms with Crippen LogP contribution in [0.4, 0.5) is 0 Å². The Bertz CT molecular complexity index is 1250. The van der Waals surface area contributed by atoms with Crippen molar-refractivity contribution in [3.63, 3.8) is 0 Å². The molecule has 0 saturated carbocycles. The lowest BCUT2D eigenvalue weighted by Crippen LogP contribution is -2.06. The average Bonchev–Trinajstić information content (AvgIpc) is 2.86. The van der Waals surface area contributed by atoms with E-state index in [9.17, 15) is 14.2 Å². The molecule has 0 heterocycles. The summed E-state index contributed by atoms with van der Waals surface area (Å²) in [7, 11) is -2.76. The Hall–Kier alpha value is -3.16. The number of fused-ring (bicyclic) bond motifs is 2. The van der Waals surface area contributed by atoms with Crippen molar-refractivity contribution in [2.75, 3.05) is 0 Å². The van der Waals surface area contributed by atoms with Crippen LogP contribution in [0.25, 0.3) is 21.5 Å². The van der Waals surface area contributed by atoms with E-state index in [2.05, 4.69) is 13.8 Å². The van der Waals surface area contributed by atoms with Crippen LogP contribution in [0, 0.1) is 13.8 Å². The lowest BCUT2D eigenvalue weighted by molar-refractivity contribution is 0.104. The Morgan fingerprint density at radius 2 is 1.00 bits per heavy atom. The van der Waals surface area contributed by atoms with E-state index in [1.165, 1.54) is 25.7 Å². The third-order valence-electron chi connectivity index (χ3n) is 6.03. The zero-order chi connectivity index (χ0) is 24.7. The SMILES string of the molecule is CCCCCC.Cc1ccc2ccccc2c1C(=O)[P+](=O)C(=O)c1c(C)ccc2ccccc12. The van der Waals surface area contributed by atoms with Gasteiger partial charge in [-0.15, -0.1) is 0 Å². The van der Waals surface area contributed by atoms with Gasteiger partial charge in [0.25, 0.3) is 0 Å². The van der Waals surface area contributed by atoms with Crippen LogP contribution in [0.2, 0.25) is 0 Å². The molecular weight excluding hydrogens is 439 g/mol. The first-order chi connectivity index (χ1) is 16.4. The molecule has 0 N–H and O–H groups in total. The van der Waals surface area contributed by atoms with Crippen molar-refractivity contribution in [1.82, 2.24) is 0 Å². The Balaban J connectivity index is 0.000000481. The van der Waals surface area contributed by atoms with Crippen LogP contribution in [0.3, 0.4) is 0 Å². The van der Waals surface area contributed by atoms with Crippen LogP contribution in [0.15, 0.2) is 72.8 Å². The second-order valence-corrected chi connectivity index (χ2v) is 9.97. The molecule has 0 bridgehead atoms. The quantitative estimate of drug-likeness (QED) is 0.200. The first-order valence-corrected chi connectivity index (χ1v) is 13.2. The van der Waals surface area contributed by atoms with Crippen LogP contribution in [0.1, 0.15) is 71.4 Å². The molecule has 4 aromatic rings. The number of hydrogen-bond donors (Lipinski definition) is 0. The maximum absolute atomic E-state index is 13.1. The fourth-order valence-corrected chi connectivity index (χ4v) is 5.31. The highest BCUT2D eigenvalue weighted by Gasteiger charge is 2.42. The van der Waals surface area contributed by atoms with E-state index in [0.29, 0.717) is 11.1 Å². The summed E-state index contributed by atoms with van der Waals surface area (Å²) < 4.78 is 13.1. The number of carbonyl (C=O) groups is 2. The van der Waals surface area contributed by atoms with E-state index in [-0.39, 0.29) is 0 Å². The van der Waals surface area contributed by atoms with E-state index in [4.69, 9.17) is 0 Å². The van der Waals surface area contributed by atoms with E-state index in [0.717, 1.165) is 32.7 Å². The Morgan fingerprint density at radius 3 is 1.38 bits per heavy atom. The largest absolute Gasteiger partial charge is 0.501 e. The number of hydrogen-bond acceptors (Lipinski definition) is 3. The third-order valence-corrected chi connectivity index (χ3v) is 7.21. The molecular formula is C30H32O3P+. The summed E-state index contributed by atoms with van der Waals surface area (Å²) in [5.74, 6) is 0. The van der Waals surface area contributed by atoms with Crippen molar-refractivity contribution in [3.8, 4) is 0 Å². The number of unbranched alkanes of at least 4 members (excludes halogenated alkanes) is 3.